The standard InChI is InChI=1S/C14H19ClFNO2/c1-3-10(4-2)8-17-14(18)9-19-13-6-5-11(16)7-12(13)15/h5-7,10H,3-4,8-9H2,1-2H3,(H,17,18). The molecule has 1 N–H and O–H groups in total. The number of carbonyl (C=O) groups excluding carboxylic acids is 1. The Bertz CT molecular complexity index is 422. The van der Waals surface area contributed by atoms with Gasteiger partial charge in [-0.1, -0.05) is 38.3 Å². The van der Waals surface area contributed by atoms with Crippen molar-refractivity contribution in [3.8, 4) is 5.75 Å². The molecule has 0 fully saturated rings. The molecule has 0 atom stereocenters. The largest absolute Gasteiger partial charge is 0.482 e. The maximum absolute atomic E-state index is 12.8. The molecule has 0 unspecified atom stereocenters. The van der Waals surface area contributed by atoms with Crippen LogP contribution < -0.4 is 10.1 Å². The van der Waals surface area contributed by atoms with E-state index < -0.39 is 5.82 Å². The van der Waals surface area contributed by atoms with Crippen molar-refractivity contribution in [1.29, 1.82) is 0 Å². The van der Waals surface area contributed by atoms with Crippen molar-refractivity contribution >= 4 is 17.5 Å². The van der Waals surface area contributed by atoms with E-state index in [1.807, 2.05) is 0 Å². The van der Waals surface area contributed by atoms with Gasteiger partial charge >= 0.3 is 0 Å². The Morgan fingerprint density at radius 2 is 2.11 bits per heavy atom. The molecule has 0 saturated carbocycles. The van der Waals surface area contributed by atoms with Gasteiger partial charge in [0.2, 0.25) is 0 Å². The highest BCUT2D eigenvalue weighted by atomic mass is 35.5. The molecule has 1 amide bonds. The van der Waals surface area contributed by atoms with E-state index >= 15 is 0 Å². The van der Waals surface area contributed by atoms with E-state index in [0.717, 1.165) is 18.9 Å². The van der Waals surface area contributed by atoms with Crippen LogP contribution >= 0.6 is 11.6 Å². The normalized spacial score (nSPS) is 10.6. The Kier molecular flexibility index (Phi) is 6.64. The number of hydrogen-bond donors (Lipinski definition) is 1. The minimum atomic E-state index is -0.435. The first-order valence-electron chi connectivity index (χ1n) is 6.41. The summed E-state index contributed by atoms with van der Waals surface area (Å²) in [5.41, 5.74) is 0. The number of halogens is 2. The Labute approximate surface area is 118 Å². The summed E-state index contributed by atoms with van der Waals surface area (Å²) in [6, 6.07) is 3.80. The fourth-order valence-electron chi connectivity index (χ4n) is 1.62. The molecule has 19 heavy (non-hydrogen) atoms. The van der Waals surface area contributed by atoms with Crippen LogP contribution in [0.1, 0.15) is 26.7 Å². The molecule has 0 bridgehead atoms. The molecule has 3 nitrogen and oxygen atoms in total. The van der Waals surface area contributed by atoms with Gasteiger partial charge in [-0.25, -0.2) is 4.39 Å². The molecular weight excluding hydrogens is 269 g/mol. The number of rotatable bonds is 7. The third-order valence-corrected chi connectivity index (χ3v) is 3.29. The summed E-state index contributed by atoms with van der Waals surface area (Å²) in [4.78, 5) is 11.6. The Balaban J connectivity index is 2.37. The number of ether oxygens (including phenoxy) is 1. The second-order valence-corrected chi connectivity index (χ2v) is 4.76. The summed E-state index contributed by atoms with van der Waals surface area (Å²) in [6.45, 7) is 4.71. The molecule has 1 rings (SSSR count). The van der Waals surface area contributed by atoms with E-state index in [4.69, 9.17) is 16.3 Å². The monoisotopic (exact) mass is 287 g/mol. The van der Waals surface area contributed by atoms with Gasteiger partial charge in [0, 0.05) is 6.54 Å². The lowest BCUT2D eigenvalue weighted by molar-refractivity contribution is -0.123. The van der Waals surface area contributed by atoms with Crippen molar-refractivity contribution in [2.24, 2.45) is 5.92 Å². The van der Waals surface area contributed by atoms with Crippen LogP contribution in [0.2, 0.25) is 5.02 Å². The number of carbonyl (C=O) groups is 1. The first kappa shape index (κ1) is 15.8. The zero-order chi connectivity index (χ0) is 14.3. The van der Waals surface area contributed by atoms with Gasteiger partial charge in [-0.15, -0.1) is 0 Å². The molecule has 0 radical (unpaired) electrons. The second kappa shape index (κ2) is 8.00. The van der Waals surface area contributed by atoms with Crippen molar-refractivity contribution in [3.63, 3.8) is 0 Å². The van der Waals surface area contributed by atoms with Crippen molar-refractivity contribution in [2.45, 2.75) is 26.7 Å². The van der Waals surface area contributed by atoms with Gasteiger partial charge in [-0.05, 0) is 24.1 Å². The molecule has 0 heterocycles. The topological polar surface area (TPSA) is 38.3 Å². The van der Waals surface area contributed by atoms with Crippen LogP contribution in [0.4, 0.5) is 4.39 Å². The highest BCUT2D eigenvalue weighted by Crippen LogP contribution is 2.24. The van der Waals surface area contributed by atoms with E-state index in [0.29, 0.717) is 18.2 Å². The molecule has 0 spiro atoms. The minimum absolute atomic E-state index is 0.120. The van der Waals surface area contributed by atoms with Crippen LogP contribution in [0.25, 0.3) is 0 Å². The lowest BCUT2D eigenvalue weighted by Crippen LogP contribution is -2.32. The summed E-state index contributed by atoms with van der Waals surface area (Å²) < 4.78 is 18.1. The van der Waals surface area contributed by atoms with E-state index in [-0.39, 0.29) is 17.5 Å². The average Bonchev–Trinajstić information content (AvgIpc) is 2.39. The summed E-state index contributed by atoms with van der Waals surface area (Å²) in [7, 11) is 0. The van der Waals surface area contributed by atoms with E-state index in [1.165, 1.54) is 12.1 Å². The van der Waals surface area contributed by atoms with Gasteiger partial charge in [-0.3, -0.25) is 4.79 Å². The molecule has 0 saturated heterocycles. The van der Waals surface area contributed by atoms with Crippen LogP contribution in [0, 0.1) is 11.7 Å². The Hall–Kier alpha value is -1.29. The predicted molar refractivity (Wildman–Crippen MR) is 74.0 cm³/mol. The van der Waals surface area contributed by atoms with Crippen molar-refractivity contribution in [2.75, 3.05) is 13.2 Å². The lowest BCUT2D eigenvalue weighted by Gasteiger charge is -2.13. The van der Waals surface area contributed by atoms with Gasteiger partial charge in [0.05, 0.1) is 5.02 Å². The minimum Gasteiger partial charge on any atom is -0.482 e. The Morgan fingerprint density at radius 3 is 2.68 bits per heavy atom. The number of amides is 1. The maximum atomic E-state index is 12.8. The summed E-state index contributed by atoms with van der Waals surface area (Å²) in [5.74, 6) is 0.155. The van der Waals surface area contributed by atoms with Crippen LogP contribution in [0.15, 0.2) is 18.2 Å². The van der Waals surface area contributed by atoms with E-state index in [2.05, 4.69) is 19.2 Å². The van der Waals surface area contributed by atoms with Crippen molar-refractivity contribution < 1.29 is 13.9 Å². The zero-order valence-electron chi connectivity index (χ0n) is 11.2. The van der Waals surface area contributed by atoms with Crippen LogP contribution in [0.5, 0.6) is 5.75 Å². The molecule has 1 aromatic carbocycles. The average molecular weight is 288 g/mol. The van der Waals surface area contributed by atoms with Gasteiger partial charge < -0.3 is 10.1 Å². The smallest absolute Gasteiger partial charge is 0.257 e. The highest BCUT2D eigenvalue weighted by molar-refractivity contribution is 6.32. The molecule has 5 heteroatoms. The zero-order valence-corrected chi connectivity index (χ0v) is 12.0. The molecule has 0 aliphatic carbocycles. The number of nitrogens with one attached hydrogen (secondary N) is 1. The highest BCUT2D eigenvalue weighted by Gasteiger charge is 2.09. The summed E-state index contributed by atoms with van der Waals surface area (Å²) in [5, 5.41) is 2.96. The van der Waals surface area contributed by atoms with E-state index in [1.54, 1.807) is 0 Å². The fourth-order valence-corrected chi connectivity index (χ4v) is 1.84. The quantitative estimate of drug-likeness (QED) is 0.834. The maximum Gasteiger partial charge on any atom is 0.257 e. The molecule has 106 valence electrons. The third-order valence-electron chi connectivity index (χ3n) is 3.00. The number of benzene rings is 1. The molecule has 0 aliphatic rings. The van der Waals surface area contributed by atoms with Crippen LogP contribution in [-0.2, 0) is 4.79 Å². The fraction of sp³-hybridized carbons (Fsp3) is 0.500. The SMILES string of the molecule is CCC(CC)CNC(=O)COc1ccc(F)cc1Cl. The molecule has 1 aromatic rings. The third kappa shape index (κ3) is 5.47. The first-order valence-corrected chi connectivity index (χ1v) is 6.79. The lowest BCUT2D eigenvalue weighted by atomic mass is 10.0. The van der Waals surface area contributed by atoms with Crippen molar-refractivity contribution in [3.05, 3.63) is 29.0 Å². The predicted octanol–water partition coefficient (Wildman–Crippen LogP) is 3.41. The van der Waals surface area contributed by atoms with Gasteiger partial charge in [0.15, 0.2) is 6.61 Å². The van der Waals surface area contributed by atoms with Gasteiger partial charge in [-0.2, -0.15) is 0 Å². The molecule has 0 aromatic heterocycles. The Morgan fingerprint density at radius 1 is 1.42 bits per heavy atom. The molecular formula is C14H19ClFNO2. The number of hydrogen-bond acceptors (Lipinski definition) is 2. The summed E-state index contributed by atoms with van der Waals surface area (Å²) >= 11 is 5.79. The van der Waals surface area contributed by atoms with Crippen LogP contribution in [-0.4, -0.2) is 19.1 Å². The second-order valence-electron chi connectivity index (χ2n) is 4.35. The first-order chi connectivity index (χ1) is 9.06. The summed E-state index contributed by atoms with van der Waals surface area (Å²) in [6.07, 6.45) is 2.06. The van der Waals surface area contributed by atoms with E-state index in [9.17, 15) is 9.18 Å². The van der Waals surface area contributed by atoms with Crippen molar-refractivity contribution in [1.82, 2.24) is 5.32 Å². The molecule has 0 aliphatic heterocycles. The van der Waals surface area contributed by atoms with Gasteiger partial charge in [0.1, 0.15) is 11.6 Å². The van der Waals surface area contributed by atoms with Gasteiger partial charge in [0.25, 0.3) is 5.91 Å². The van der Waals surface area contributed by atoms with Crippen LogP contribution in [0.3, 0.4) is 0 Å².